The summed E-state index contributed by atoms with van der Waals surface area (Å²) in [7, 11) is 0. The quantitative estimate of drug-likeness (QED) is 0.326. The summed E-state index contributed by atoms with van der Waals surface area (Å²) in [4.78, 5) is 41.3. The number of anilines is 2. The van der Waals surface area contributed by atoms with Crippen LogP contribution in [0.1, 0.15) is 11.1 Å². The number of hydrogen-bond donors (Lipinski definition) is 2. The van der Waals surface area contributed by atoms with Crippen LogP contribution in [-0.2, 0) is 19.9 Å². The van der Waals surface area contributed by atoms with Gasteiger partial charge in [-0.05, 0) is 30.3 Å². The summed E-state index contributed by atoms with van der Waals surface area (Å²) >= 11 is 12.3. The number of benzene rings is 3. The Balaban J connectivity index is 1.90. The van der Waals surface area contributed by atoms with Crippen molar-refractivity contribution < 1.29 is 19.5 Å². The van der Waals surface area contributed by atoms with E-state index in [0.717, 1.165) is 4.90 Å². The van der Waals surface area contributed by atoms with Crippen molar-refractivity contribution >= 4 is 57.9 Å². The maximum atomic E-state index is 13.6. The molecule has 6 nitrogen and oxygen atoms in total. The minimum Gasteiger partial charge on any atom is -0.507 e. The Bertz CT molecular complexity index is 1350. The number of nitrogens with one attached hydrogen (secondary N) is 1. The van der Waals surface area contributed by atoms with Crippen LogP contribution in [0.2, 0.25) is 10.0 Å². The first-order chi connectivity index (χ1) is 15.4. The van der Waals surface area contributed by atoms with Crippen molar-refractivity contribution in [2.24, 2.45) is 0 Å². The molecule has 2 N–H and O–H groups in total. The lowest BCUT2D eigenvalue weighted by Gasteiger charge is -2.33. The van der Waals surface area contributed by atoms with E-state index in [9.17, 15) is 19.5 Å². The van der Waals surface area contributed by atoms with Gasteiger partial charge >= 0.3 is 5.91 Å². The summed E-state index contributed by atoms with van der Waals surface area (Å²) in [5.41, 5.74) is -1.05. The zero-order valence-electron chi connectivity index (χ0n) is 16.3. The maximum Gasteiger partial charge on any atom is 0.300 e. The van der Waals surface area contributed by atoms with Crippen molar-refractivity contribution in [3.8, 4) is 0 Å². The SMILES string of the molecule is O=C1C(=O)N(c2cccc(Cl)c2)C2(C(=O)Nc3cc(Cl)ccc32)C1=C(O)c1ccccc1. The van der Waals surface area contributed by atoms with Crippen molar-refractivity contribution in [3.05, 3.63) is 99.5 Å². The minimum atomic E-state index is -1.93. The van der Waals surface area contributed by atoms with Gasteiger partial charge in [0.15, 0.2) is 5.54 Å². The first-order valence-electron chi connectivity index (χ1n) is 9.60. The van der Waals surface area contributed by atoms with Crippen LogP contribution in [0.15, 0.2) is 78.4 Å². The number of aliphatic hydroxyl groups is 1. The van der Waals surface area contributed by atoms with E-state index >= 15 is 0 Å². The van der Waals surface area contributed by atoms with Gasteiger partial charge in [0.05, 0.1) is 5.57 Å². The molecule has 1 unspecified atom stereocenters. The Hall–Kier alpha value is -3.61. The van der Waals surface area contributed by atoms with E-state index < -0.39 is 28.9 Å². The van der Waals surface area contributed by atoms with Crippen molar-refractivity contribution in [1.29, 1.82) is 0 Å². The first-order valence-corrected chi connectivity index (χ1v) is 10.4. The summed E-state index contributed by atoms with van der Waals surface area (Å²) in [6.07, 6.45) is 0. The van der Waals surface area contributed by atoms with Crippen LogP contribution in [0.3, 0.4) is 0 Å². The highest BCUT2D eigenvalue weighted by Gasteiger charge is 2.66. The Morgan fingerprint density at radius 3 is 2.31 bits per heavy atom. The number of rotatable bonds is 2. The molecule has 158 valence electrons. The molecular formula is C24H14Cl2N2O4. The summed E-state index contributed by atoms with van der Waals surface area (Å²) < 4.78 is 0. The van der Waals surface area contributed by atoms with Gasteiger partial charge in [0.2, 0.25) is 0 Å². The van der Waals surface area contributed by atoms with E-state index in [4.69, 9.17) is 23.2 Å². The number of hydrogen-bond acceptors (Lipinski definition) is 4. The molecule has 32 heavy (non-hydrogen) atoms. The number of Topliss-reactive ketones (excluding diaryl/α,β-unsaturated/α-hetero) is 1. The van der Waals surface area contributed by atoms with Crippen molar-refractivity contribution in [2.45, 2.75) is 5.54 Å². The topological polar surface area (TPSA) is 86.7 Å². The van der Waals surface area contributed by atoms with Crippen LogP contribution >= 0.6 is 23.2 Å². The van der Waals surface area contributed by atoms with Crippen LogP contribution in [0, 0.1) is 0 Å². The second-order valence-corrected chi connectivity index (χ2v) is 8.27. The molecular weight excluding hydrogens is 451 g/mol. The van der Waals surface area contributed by atoms with E-state index in [-0.39, 0.29) is 11.3 Å². The summed E-state index contributed by atoms with van der Waals surface area (Å²) in [5, 5.41) is 14.6. The molecule has 8 heteroatoms. The Morgan fingerprint density at radius 1 is 0.875 bits per heavy atom. The first kappa shape index (κ1) is 20.3. The molecule has 0 saturated carbocycles. The van der Waals surface area contributed by atoms with Gasteiger partial charge in [0, 0.05) is 32.5 Å². The predicted octanol–water partition coefficient (Wildman–Crippen LogP) is 4.73. The fourth-order valence-corrected chi connectivity index (χ4v) is 4.68. The van der Waals surface area contributed by atoms with Crippen LogP contribution < -0.4 is 10.2 Å². The van der Waals surface area contributed by atoms with Crippen LogP contribution in [0.5, 0.6) is 0 Å². The lowest BCUT2D eigenvalue weighted by atomic mass is 9.81. The van der Waals surface area contributed by atoms with E-state index in [1.807, 2.05) is 0 Å². The van der Waals surface area contributed by atoms with Crippen LogP contribution in [0.25, 0.3) is 5.76 Å². The smallest absolute Gasteiger partial charge is 0.300 e. The molecule has 1 atom stereocenters. The lowest BCUT2D eigenvalue weighted by molar-refractivity contribution is -0.132. The molecule has 1 spiro atoms. The molecule has 2 aliphatic rings. The molecule has 0 aliphatic carbocycles. The molecule has 2 amide bonds. The number of amides is 2. The number of carbonyl (C=O) groups is 3. The van der Waals surface area contributed by atoms with Gasteiger partial charge in [0.1, 0.15) is 5.76 Å². The highest BCUT2D eigenvalue weighted by Crippen LogP contribution is 2.53. The molecule has 0 aromatic heterocycles. The minimum absolute atomic E-state index is 0.240. The third-order valence-electron chi connectivity index (χ3n) is 5.62. The van der Waals surface area contributed by atoms with Crippen LogP contribution in [0.4, 0.5) is 11.4 Å². The van der Waals surface area contributed by atoms with Crippen LogP contribution in [-0.4, -0.2) is 22.7 Å². The fraction of sp³-hybridized carbons (Fsp3) is 0.0417. The van der Waals surface area contributed by atoms with Gasteiger partial charge in [-0.1, -0.05) is 65.7 Å². The van der Waals surface area contributed by atoms with Gasteiger partial charge < -0.3 is 10.4 Å². The number of aliphatic hydroxyl groups excluding tert-OH is 1. The highest BCUT2D eigenvalue weighted by atomic mass is 35.5. The summed E-state index contributed by atoms with van der Waals surface area (Å²) in [5.74, 6) is -3.05. The fourth-order valence-electron chi connectivity index (χ4n) is 4.32. The Labute approximate surface area is 192 Å². The van der Waals surface area contributed by atoms with Gasteiger partial charge in [0.25, 0.3) is 11.7 Å². The normalized spacial score (nSPS) is 21.2. The number of halogens is 2. The van der Waals surface area contributed by atoms with Gasteiger partial charge in [-0.3, -0.25) is 19.3 Å². The molecule has 1 fully saturated rings. The molecule has 3 aromatic rings. The predicted molar refractivity (Wildman–Crippen MR) is 122 cm³/mol. The number of carbonyl (C=O) groups excluding carboxylic acids is 3. The zero-order chi connectivity index (χ0) is 22.6. The summed E-state index contributed by atoms with van der Waals surface area (Å²) in [6, 6.07) is 19.2. The number of fused-ring (bicyclic) bond motifs is 2. The average molecular weight is 465 g/mol. The van der Waals surface area contributed by atoms with Gasteiger partial charge in [-0.2, -0.15) is 0 Å². The number of nitrogens with zero attached hydrogens (tertiary/aromatic N) is 1. The molecule has 5 rings (SSSR count). The third-order valence-corrected chi connectivity index (χ3v) is 6.09. The molecule has 2 heterocycles. The Kier molecular flexibility index (Phi) is 4.58. The third kappa shape index (κ3) is 2.70. The standard InChI is InChI=1S/C24H14Cl2N2O4/c25-14-7-4-8-16(11-14)28-22(31)21(30)19(20(29)13-5-2-1-3-6-13)24(28)17-10-9-15(26)12-18(17)27-23(24)32/h1-12,29H,(H,27,32). The zero-order valence-corrected chi connectivity index (χ0v) is 17.8. The van der Waals surface area contributed by atoms with E-state index in [2.05, 4.69) is 5.32 Å². The molecule has 3 aromatic carbocycles. The van der Waals surface area contributed by atoms with Crippen molar-refractivity contribution in [2.75, 3.05) is 10.2 Å². The van der Waals surface area contributed by atoms with E-state index in [0.29, 0.717) is 26.9 Å². The maximum absolute atomic E-state index is 13.6. The second-order valence-electron chi connectivity index (χ2n) is 7.39. The molecule has 1 saturated heterocycles. The lowest BCUT2D eigenvalue weighted by Crippen LogP contribution is -2.49. The summed E-state index contributed by atoms with van der Waals surface area (Å²) in [6.45, 7) is 0. The molecule has 2 aliphatic heterocycles. The number of ketones is 1. The second kappa shape index (κ2) is 7.22. The monoisotopic (exact) mass is 464 g/mol. The van der Waals surface area contributed by atoms with E-state index in [1.54, 1.807) is 60.7 Å². The van der Waals surface area contributed by atoms with Gasteiger partial charge in [-0.25, -0.2) is 0 Å². The largest absolute Gasteiger partial charge is 0.507 e. The highest BCUT2D eigenvalue weighted by molar-refractivity contribution is 6.55. The van der Waals surface area contributed by atoms with Gasteiger partial charge in [-0.15, -0.1) is 0 Å². The average Bonchev–Trinajstić information content (AvgIpc) is 3.18. The molecule has 0 bridgehead atoms. The van der Waals surface area contributed by atoms with E-state index in [1.165, 1.54) is 12.1 Å². The van der Waals surface area contributed by atoms with Crippen molar-refractivity contribution in [1.82, 2.24) is 0 Å². The Morgan fingerprint density at radius 2 is 1.59 bits per heavy atom. The van der Waals surface area contributed by atoms with Crippen molar-refractivity contribution in [3.63, 3.8) is 0 Å². The molecule has 0 radical (unpaired) electrons.